The Morgan fingerprint density at radius 1 is 1.18 bits per heavy atom. The quantitative estimate of drug-likeness (QED) is 0.735. The lowest BCUT2D eigenvalue weighted by atomic mass is 9.85. The molecule has 1 aliphatic rings. The molecule has 4 N–H and O–H groups in total. The standard InChI is InChI=1S/C12H12N4O/c13-11-12(14,8-2-1-4-15-6-8)9-3-5-16-7-10(9)17-11/h1-7,11H,13-14H2. The van der Waals surface area contributed by atoms with Gasteiger partial charge in [0.15, 0.2) is 6.23 Å². The van der Waals surface area contributed by atoms with Gasteiger partial charge in [0, 0.05) is 29.7 Å². The highest BCUT2D eigenvalue weighted by Gasteiger charge is 2.45. The van der Waals surface area contributed by atoms with E-state index < -0.39 is 11.8 Å². The van der Waals surface area contributed by atoms with Gasteiger partial charge in [0.2, 0.25) is 0 Å². The largest absolute Gasteiger partial charge is 0.471 e. The number of fused-ring (bicyclic) bond motifs is 1. The number of ether oxygens (including phenoxy) is 1. The van der Waals surface area contributed by atoms with Crippen molar-refractivity contribution in [2.75, 3.05) is 0 Å². The van der Waals surface area contributed by atoms with E-state index in [-0.39, 0.29) is 0 Å². The van der Waals surface area contributed by atoms with Gasteiger partial charge in [0.25, 0.3) is 0 Å². The molecule has 3 rings (SSSR count). The summed E-state index contributed by atoms with van der Waals surface area (Å²) in [5, 5.41) is 0. The van der Waals surface area contributed by atoms with E-state index in [1.54, 1.807) is 24.8 Å². The first-order chi connectivity index (χ1) is 8.23. The maximum Gasteiger partial charge on any atom is 0.174 e. The molecule has 2 aromatic rings. The summed E-state index contributed by atoms with van der Waals surface area (Å²) < 4.78 is 5.54. The van der Waals surface area contributed by atoms with Gasteiger partial charge in [0.1, 0.15) is 11.3 Å². The van der Waals surface area contributed by atoms with Crippen LogP contribution in [0.2, 0.25) is 0 Å². The zero-order chi connectivity index (χ0) is 11.9. The van der Waals surface area contributed by atoms with Crippen LogP contribution in [0.1, 0.15) is 11.1 Å². The molecule has 0 saturated heterocycles. The molecule has 0 saturated carbocycles. The third kappa shape index (κ3) is 1.33. The fourth-order valence-electron chi connectivity index (χ4n) is 2.13. The first-order valence-corrected chi connectivity index (χ1v) is 5.29. The summed E-state index contributed by atoms with van der Waals surface area (Å²) in [4.78, 5) is 8.07. The number of hydrogen-bond acceptors (Lipinski definition) is 5. The van der Waals surface area contributed by atoms with E-state index in [4.69, 9.17) is 16.2 Å². The van der Waals surface area contributed by atoms with Crippen molar-refractivity contribution in [1.29, 1.82) is 0 Å². The molecule has 2 aromatic heterocycles. The predicted octanol–water partition coefficient (Wildman–Crippen LogP) is 0.356. The van der Waals surface area contributed by atoms with Gasteiger partial charge in [-0.1, -0.05) is 6.07 Å². The van der Waals surface area contributed by atoms with Gasteiger partial charge in [0.05, 0.1) is 6.20 Å². The highest BCUT2D eigenvalue weighted by atomic mass is 16.5. The second-order valence-electron chi connectivity index (χ2n) is 4.02. The first-order valence-electron chi connectivity index (χ1n) is 5.29. The van der Waals surface area contributed by atoms with Gasteiger partial charge in [-0.25, -0.2) is 0 Å². The summed E-state index contributed by atoms with van der Waals surface area (Å²) in [5.74, 6) is 0.631. The molecule has 1 aliphatic heterocycles. The van der Waals surface area contributed by atoms with E-state index in [2.05, 4.69) is 9.97 Å². The summed E-state index contributed by atoms with van der Waals surface area (Å²) >= 11 is 0. The Bertz CT molecular complexity index is 545. The van der Waals surface area contributed by atoms with Crippen molar-refractivity contribution in [3.8, 4) is 5.75 Å². The maximum atomic E-state index is 6.42. The Morgan fingerprint density at radius 2 is 2.00 bits per heavy atom. The van der Waals surface area contributed by atoms with Crippen molar-refractivity contribution in [3.63, 3.8) is 0 Å². The van der Waals surface area contributed by atoms with Crippen molar-refractivity contribution in [1.82, 2.24) is 9.97 Å². The summed E-state index contributed by atoms with van der Waals surface area (Å²) in [5.41, 5.74) is 13.2. The molecule has 2 atom stereocenters. The SMILES string of the molecule is NC1Oc2cnccc2C1(N)c1cccnc1. The Morgan fingerprint density at radius 3 is 2.76 bits per heavy atom. The molecule has 17 heavy (non-hydrogen) atoms. The third-order valence-corrected chi connectivity index (χ3v) is 3.07. The van der Waals surface area contributed by atoms with Crippen LogP contribution in [0, 0.1) is 0 Å². The fraction of sp³-hybridized carbons (Fsp3) is 0.167. The molecule has 0 spiro atoms. The number of aromatic nitrogens is 2. The topological polar surface area (TPSA) is 87.0 Å². The Hall–Kier alpha value is -1.98. The van der Waals surface area contributed by atoms with Crippen LogP contribution in [0.3, 0.4) is 0 Å². The van der Waals surface area contributed by atoms with Crippen LogP contribution in [0.15, 0.2) is 43.0 Å². The molecule has 5 nitrogen and oxygen atoms in total. The van der Waals surface area contributed by atoms with Crippen molar-refractivity contribution >= 4 is 0 Å². The van der Waals surface area contributed by atoms with E-state index >= 15 is 0 Å². The van der Waals surface area contributed by atoms with Gasteiger partial charge < -0.3 is 10.5 Å². The Balaban J connectivity index is 2.20. The van der Waals surface area contributed by atoms with Crippen LogP contribution in [0.4, 0.5) is 0 Å². The van der Waals surface area contributed by atoms with Crippen LogP contribution in [-0.4, -0.2) is 16.2 Å². The van der Waals surface area contributed by atoms with Gasteiger partial charge in [-0.3, -0.25) is 15.7 Å². The molecule has 86 valence electrons. The molecule has 0 bridgehead atoms. The predicted molar refractivity (Wildman–Crippen MR) is 62.0 cm³/mol. The Kier molecular flexibility index (Phi) is 2.10. The van der Waals surface area contributed by atoms with Crippen LogP contribution in [0.25, 0.3) is 0 Å². The van der Waals surface area contributed by atoms with Crippen LogP contribution >= 0.6 is 0 Å². The van der Waals surface area contributed by atoms with Crippen molar-refractivity contribution in [2.24, 2.45) is 11.5 Å². The van der Waals surface area contributed by atoms with Crippen LogP contribution in [-0.2, 0) is 5.54 Å². The van der Waals surface area contributed by atoms with Crippen molar-refractivity contribution < 1.29 is 4.74 Å². The van der Waals surface area contributed by atoms with Gasteiger partial charge in [-0.15, -0.1) is 0 Å². The number of nitrogens with zero attached hydrogens (tertiary/aromatic N) is 2. The fourth-order valence-corrected chi connectivity index (χ4v) is 2.13. The Labute approximate surface area is 98.4 Å². The minimum absolute atomic E-state index is 0.631. The van der Waals surface area contributed by atoms with Crippen LogP contribution in [0.5, 0.6) is 5.75 Å². The summed E-state index contributed by atoms with van der Waals surface area (Å²) in [7, 11) is 0. The highest BCUT2D eigenvalue weighted by Crippen LogP contribution is 2.41. The highest BCUT2D eigenvalue weighted by molar-refractivity contribution is 5.48. The van der Waals surface area contributed by atoms with Crippen molar-refractivity contribution in [3.05, 3.63) is 54.1 Å². The summed E-state index contributed by atoms with van der Waals surface area (Å²) in [6.07, 6.45) is 6.07. The number of hydrogen-bond donors (Lipinski definition) is 2. The lowest BCUT2D eigenvalue weighted by Gasteiger charge is -2.27. The van der Waals surface area contributed by atoms with Crippen LogP contribution < -0.4 is 16.2 Å². The molecule has 0 radical (unpaired) electrons. The number of nitrogens with two attached hydrogens (primary N) is 2. The molecule has 5 heteroatoms. The molecular formula is C12H12N4O. The molecule has 0 aliphatic carbocycles. The van der Waals surface area contributed by atoms with E-state index in [1.807, 2.05) is 18.2 Å². The van der Waals surface area contributed by atoms with E-state index in [0.29, 0.717) is 5.75 Å². The second-order valence-corrected chi connectivity index (χ2v) is 4.02. The lowest BCUT2D eigenvalue weighted by Crippen LogP contribution is -2.52. The van der Waals surface area contributed by atoms with Gasteiger partial charge in [-0.05, 0) is 12.1 Å². The van der Waals surface area contributed by atoms with E-state index in [0.717, 1.165) is 11.1 Å². The van der Waals surface area contributed by atoms with E-state index in [1.165, 1.54) is 0 Å². The zero-order valence-corrected chi connectivity index (χ0v) is 9.08. The number of pyridine rings is 2. The minimum atomic E-state index is -0.869. The van der Waals surface area contributed by atoms with Gasteiger partial charge in [-0.2, -0.15) is 0 Å². The summed E-state index contributed by atoms with van der Waals surface area (Å²) in [6.45, 7) is 0. The second kappa shape index (κ2) is 3.51. The van der Waals surface area contributed by atoms with E-state index in [9.17, 15) is 0 Å². The average molecular weight is 228 g/mol. The molecule has 0 fully saturated rings. The zero-order valence-electron chi connectivity index (χ0n) is 9.08. The minimum Gasteiger partial charge on any atom is -0.471 e. The summed E-state index contributed by atoms with van der Waals surface area (Å²) in [6, 6.07) is 5.55. The van der Waals surface area contributed by atoms with Gasteiger partial charge >= 0.3 is 0 Å². The monoisotopic (exact) mass is 228 g/mol. The number of rotatable bonds is 1. The first kappa shape index (κ1) is 10.2. The average Bonchev–Trinajstić information content (AvgIpc) is 2.64. The normalized spacial score (nSPS) is 26.4. The lowest BCUT2D eigenvalue weighted by molar-refractivity contribution is 0.177. The molecule has 0 aromatic carbocycles. The maximum absolute atomic E-state index is 6.42. The molecular weight excluding hydrogens is 216 g/mol. The third-order valence-electron chi connectivity index (χ3n) is 3.07. The molecule has 2 unspecified atom stereocenters. The molecule has 3 heterocycles. The molecule has 0 amide bonds. The van der Waals surface area contributed by atoms with Crippen molar-refractivity contribution in [2.45, 2.75) is 11.8 Å². The smallest absolute Gasteiger partial charge is 0.174 e.